The van der Waals surface area contributed by atoms with Crippen molar-refractivity contribution in [2.75, 3.05) is 23.9 Å². The molecule has 2 aliphatic heterocycles. The number of para-hydroxylation sites is 6. The fraction of sp³-hybridized carbons (Fsp3) is 0.0270. The standard InChI is InChI=1S/2C37H25N6.2Pt/c1-39-25-40(24-37(39)43-34-16-6-3-12-29(34)30-13-4-7-17-35(30)43)26-18-19-32-31-14-2-5-15-33(31)42(36(32)23-26)28-11-8-10-27(22-28)41-21-9-20-38-41;1-39-25-40(24-37(39)43-34-16-6-3-12-29(34)30-13-4-7-17-35(30)43)26-10-8-11-28(22-26)42-33-15-5-2-14-31(33)32-19-18-27(23-36(32)42)41-21-9-20-38-41;;/h2*2-21,24-25H,1H3;;/q2*-3;;. The molecule has 0 spiro atoms. The summed E-state index contributed by atoms with van der Waals surface area (Å²) < 4.78 is 12.9. The van der Waals surface area contributed by atoms with Gasteiger partial charge in [0.25, 0.3) is 0 Å². The molecular formula is C74H50N12Pt2-6. The summed E-state index contributed by atoms with van der Waals surface area (Å²) in [6, 6.07) is 91.1. The second kappa shape index (κ2) is 22.0. The summed E-state index contributed by atoms with van der Waals surface area (Å²) in [4.78, 5) is 8.65. The molecule has 12 nitrogen and oxygen atoms in total. The molecule has 88 heavy (non-hydrogen) atoms. The van der Waals surface area contributed by atoms with E-state index in [0.29, 0.717) is 0 Å². The molecule has 0 atom stereocenters. The van der Waals surface area contributed by atoms with E-state index in [-0.39, 0.29) is 42.1 Å². The van der Waals surface area contributed by atoms with Crippen molar-refractivity contribution in [2.45, 2.75) is 0 Å². The maximum Gasteiger partial charge on any atom is 0.0987 e. The molecule has 0 bridgehead atoms. The zero-order valence-electron chi connectivity index (χ0n) is 47.4. The number of benzene rings is 10. The molecule has 0 saturated carbocycles. The topological polar surface area (TPSA) is 68.3 Å². The Bertz CT molecular complexity index is 5290. The van der Waals surface area contributed by atoms with Gasteiger partial charge in [-0.2, -0.15) is 47.8 Å². The number of hydrogen-bond acceptors (Lipinski definition) is 6. The molecule has 0 N–H and O–H groups in total. The van der Waals surface area contributed by atoms with E-state index in [4.69, 9.17) is 0 Å². The molecule has 8 heterocycles. The smallest absolute Gasteiger partial charge is 0.0987 e. The predicted octanol–water partition coefficient (Wildman–Crippen LogP) is 16.0. The van der Waals surface area contributed by atoms with E-state index in [1.807, 2.05) is 40.0 Å². The molecule has 0 fully saturated rings. The van der Waals surface area contributed by atoms with Crippen LogP contribution in [0.2, 0.25) is 0 Å². The van der Waals surface area contributed by atoms with Crippen LogP contribution in [0, 0.1) is 37.6 Å². The van der Waals surface area contributed by atoms with Crippen molar-refractivity contribution in [3.8, 4) is 22.7 Å². The Morgan fingerprint density at radius 3 is 1.02 bits per heavy atom. The second-order valence-corrected chi connectivity index (χ2v) is 21.6. The second-order valence-electron chi connectivity index (χ2n) is 21.6. The van der Waals surface area contributed by atoms with Gasteiger partial charge in [-0.1, -0.05) is 132 Å². The molecular weight excluding hydrogens is 1450 g/mol. The number of anilines is 2. The van der Waals surface area contributed by atoms with Crippen molar-refractivity contribution < 1.29 is 42.1 Å². The van der Waals surface area contributed by atoms with E-state index >= 15 is 0 Å². The van der Waals surface area contributed by atoms with Gasteiger partial charge in [-0.05, 0) is 84.8 Å². The Hall–Kier alpha value is -10.1. The van der Waals surface area contributed by atoms with Crippen LogP contribution in [0.5, 0.6) is 0 Å². The Labute approximate surface area is 536 Å². The summed E-state index contributed by atoms with van der Waals surface area (Å²) in [5, 5.41) is 18.5. The zero-order valence-corrected chi connectivity index (χ0v) is 51.9. The van der Waals surface area contributed by atoms with Crippen molar-refractivity contribution in [3.05, 3.63) is 293 Å². The summed E-state index contributed by atoms with van der Waals surface area (Å²) >= 11 is 0. The van der Waals surface area contributed by atoms with E-state index in [9.17, 15) is 0 Å². The first-order valence-corrected chi connectivity index (χ1v) is 28.6. The van der Waals surface area contributed by atoms with Crippen molar-refractivity contribution in [1.82, 2.24) is 47.6 Å². The third kappa shape index (κ3) is 8.80. The van der Waals surface area contributed by atoms with E-state index in [1.54, 1.807) is 12.4 Å². The first kappa shape index (κ1) is 54.5. The number of rotatable bonds is 8. The van der Waals surface area contributed by atoms with E-state index in [1.165, 1.54) is 54.4 Å². The summed E-state index contributed by atoms with van der Waals surface area (Å²) in [5.74, 6) is 2.15. The zero-order chi connectivity index (χ0) is 57.0. The summed E-state index contributed by atoms with van der Waals surface area (Å²) in [5.41, 5.74) is 14.5. The minimum Gasteiger partial charge on any atom is -0.498 e. The van der Waals surface area contributed by atoms with Gasteiger partial charge in [-0.3, -0.25) is 18.5 Å². The fourth-order valence-electron chi connectivity index (χ4n) is 12.8. The van der Waals surface area contributed by atoms with Crippen LogP contribution in [0.4, 0.5) is 11.4 Å². The molecule has 0 saturated heterocycles. The number of aromatic nitrogens is 8. The normalized spacial score (nSPS) is 13.3. The monoisotopic (exact) mass is 1500 g/mol. The van der Waals surface area contributed by atoms with Gasteiger partial charge in [0.1, 0.15) is 0 Å². The van der Waals surface area contributed by atoms with Crippen LogP contribution >= 0.6 is 0 Å². The Morgan fingerprint density at radius 1 is 0.295 bits per heavy atom. The summed E-state index contributed by atoms with van der Waals surface area (Å²) in [7, 11) is 4.19. The van der Waals surface area contributed by atoms with Gasteiger partial charge in [0.15, 0.2) is 0 Å². The molecule has 2 aliphatic rings. The molecule has 18 rings (SSSR count). The maximum atomic E-state index is 4.43. The first-order valence-electron chi connectivity index (χ1n) is 28.6. The van der Waals surface area contributed by atoms with Gasteiger partial charge < -0.3 is 28.7 Å². The molecule has 14 heteroatoms. The molecule has 0 radical (unpaired) electrons. The number of fused-ring (bicyclic) bond motifs is 12. The van der Waals surface area contributed by atoms with Crippen molar-refractivity contribution in [1.29, 1.82) is 0 Å². The molecule has 0 amide bonds. The van der Waals surface area contributed by atoms with Gasteiger partial charge >= 0.3 is 0 Å². The Morgan fingerprint density at radius 2 is 0.614 bits per heavy atom. The molecule has 0 unspecified atom stereocenters. The van der Waals surface area contributed by atoms with Gasteiger partial charge in [0.2, 0.25) is 0 Å². The van der Waals surface area contributed by atoms with Crippen LogP contribution in [0.3, 0.4) is 0 Å². The molecule has 0 aliphatic carbocycles. The van der Waals surface area contributed by atoms with Crippen molar-refractivity contribution in [2.24, 2.45) is 0 Å². The van der Waals surface area contributed by atoms with Crippen LogP contribution in [0.1, 0.15) is 0 Å². The van der Waals surface area contributed by atoms with Gasteiger partial charge in [0.05, 0.1) is 33.7 Å². The van der Waals surface area contributed by atoms with E-state index in [0.717, 1.165) is 78.6 Å². The third-order valence-corrected chi connectivity index (χ3v) is 16.7. The van der Waals surface area contributed by atoms with Crippen molar-refractivity contribution >= 4 is 110 Å². The Kier molecular flexibility index (Phi) is 13.6. The molecule has 16 aromatic rings. The van der Waals surface area contributed by atoms with E-state index < -0.39 is 0 Å². The molecule has 6 aromatic heterocycles. The first-order chi connectivity index (χ1) is 42.5. The quantitative estimate of drug-likeness (QED) is 0.141. The predicted molar refractivity (Wildman–Crippen MR) is 348 cm³/mol. The van der Waals surface area contributed by atoms with E-state index in [2.05, 4.69) is 312 Å². The number of hydrogen-bond donors (Lipinski definition) is 0. The number of nitrogens with zero attached hydrogens (tertiary/aromatic N) is 12. The van der Waals surface area contributed by atoms with Crippen LogP contribution in [0.25, 0.3) is 122 Å². The summed E-state index contributed by atoms with van der Waals surface area (Å²) in [6.45, 7) is 4.23. The average molecular weight is 1500 g/mol. The fourth-order valence-corrected chi connectivity index (χ4v) is 12.8. The Balaban J connectivity index is 0.000000144. The third-order valence-electron chi connectivity index (χ3n) is 16.7. The molecule has 10 aromatic carbocycles. The molecule has 432 valence electrons. The minimum atomic E-state index is 0. The maximum absolute atomic E-state index is 4.43. The van der Waals surface area contributed by atoms with Crippen LogP contribution < -0.4 is 9.80 Å². The van der Waals surface area contributed by atoms with Crippen LogP contribution in [-0.4, -0.2) is 61.7 Å². The van der Waals surface area contributed by atoms with Gasteiger partial charge in [-0.15, -0.1) is 82.8 Å². The van der Waals surface area contributed by atoms with Crippen molar-refractivity contribution in [3.63, 3.8) is 0 Å². The average Bonchev–Trinajstić information content (AvgIpc) is 2.05. The van der Waals surface area contributed by atoms with Crippen LogP contribution in [-0.2, 0) is 42.1 Å². The minimum absolute atomic E-state index is 0. The van der Waals surface area contributed by atoms with Gasteiger partial charge in [-0.25, -0.2) is 0 Å². The SMILES string of the molecule is CN1[CH-]N(c2[c-]c(-n3c4[c-]c(-n5cccn5)ccc4c4ccccc43)ccc2)C=C1n1c2ccccc2c2ccccc21.CN1[CH-]N(c2[c-]c3c(cc2)c2ccccc2n3-c2[c-]c(-n3cccn3)ccc2)C=C1n1c2ccccc2c2ccccc21.[Pt].[Pt]. The van der Waals surface area contributed by atoms with Crippen LogP contribution in [0.15, 0.2) is 256 Å². The summed E-state index contributed by atoms with van der Waals surface area (Å²) in [6.07, 6.45) is 11.8. The largest absolute Gasteiger partial charge is 0.498 e. The van der Waals surface area contributed by atoms with Gasteiger partial charge in [0, 0.05) is 112 Å².